The molecule has 0 atom stereocenters. The molecule has 0 aliphatic rings. The Morgan fingerprint density at radius 1 is 0.472 bits per heavy atom. The van der Waals surface area contributed by atoms with Gasteiger partial charge in [-0.05, 0) is 162 Å². The maximum Gasteiger partial charge on any atom is 1.00 e. The number of pyridine rings is 7. The molecular formula is C78H86Cl4ILiN8O16. The fraction of sp³-hybridized carbons (Fsp3) is 0.346. The van der Waals surface area contributed by atoms with Gasteiger partial charge < -0.3 is 63.5 Å². The summed E-state index contributed by atoms with van der Waals surface area (Å²) in [7, 11) is 0. The first kappa shape index (κ1) is 89.8. The quantitative estimate of drug-likeness (QED) is 0.0161. The summed E-state index contributed by atoms with van der Waals surface area (Å²) < 4.78 is 35.8. The summed E-state index contributed by atoms with van der Waals surface area (Å²) in [5, 5.41) is 26.1. The normalized spacial score (nSPS) is 10.8. The van der Waals surface area contributed by atoms with Crippen molar-refractivity contribution in [1.82, 2.24) is 34.1 Å². The van der Waals surface area contributed by atoms with Gasteiger partial charge in [0.1, 0.15) is 41.4 Å². The standard InChI is InChI=1S/C21H23ClN2O4.C19H19ClN2O4.C17H19ClN2O3.C17H17ClN2O2.C4H7IO2.Li.H2O/c1-5-27-17(25)11-24-18-13(7-9-15(22)20(18)28-6-2)19(26)14-8-10-16(12(3)4)23-21(14)24;1-4-26-18-13(20)7-5-11-16(18)22(9-15(23)24)19-12(17(11)25)6-8-14(21-19)10(2)3;1-4-23-15-12(18)6-5-7-14(15)20-16-11(17(21)22)8-9-13(19-16)10(2)3;1-4-22-16-12(18)7-5-10-14(16)20-17-11(15(10)21)6-8-13(19-17)9(2)3;1-2-7-4(6)3-5;;/h7-10,12H,5-6,11H2,1-4H3;5-8,10H,4,9H2,1-3H3,(H,23,24);5-10H,4H2,1-3H3,(H,19,20)(H,21,22);5-9H,4H2,1-3H3,(H,19,20,21);2-3H2,1H3;;1H2/q;;;;;+1;/p-1. The Morgan fingerprint density at radius 3 is 1.31 bits per heavy atom. The third-order valence-electron chi connectivity index (χ3n) is 15.9. The number of carbonyl (C=O) groups is 4. The van der Waals surface area contributed by atoms with Gasteiger partial charge in [0.2, 0.25) is 0 Å². The Kier molecular flexibility index (Phi) is 34.7. The topological polar surface area (TPSA) is 335 Å². The molecule has 570 valence electrons. The Bertz CT molecular complexity index is 5250. The van der Waals surface area contributed by atoms with Crippen molar-refractivity contribution < 1.29 is 82.1 Å². The number of fused-ring (bicyclic) bond motifs is 6. The number of nitrogens with one attached hydrogen (secondary N) is 2. The minimum Gasteiger partial charge on any atom is -0.870 e. The number of rotatable bonds is 22. The van der Waals surface area contributed by atoms with Crippen LogP contribution >= 0.6 is 69.0 Å². The van der Waals surface area contributed by atoms with Gasteiger partial charge >= 0.3 is 42.7 Å². The van der Waals surface area contributed by atoms with Crippen molar-refractivity contribution in [2.75, 3.05) is 49.4 Å². The zero-order chi connectivity index (χ0) is 78.0. The number of ether oxygens (including phenoxy) is 6. The molecule has 5 N–H and O–H groups in total. The van der Waals surface area contributed by atoms with Gasteiger partial charge in [0, 0.05) is 22.8 Å². The number of alkyl halides is 1. The molecule has 0 radical (unpaired) electrons. The first-order chi connectivity index (χ1) is 50.5. The van der Waals surface area contributed by atoms with Crippen LogP contribution in [0.4, 0.5) is 11.5 Å². The van der Waals surface area contributed by atoms with Crippen LogP contribution in [-0.4, -0.2) is 118 Å². The summed E-state index contributed by atoms with van der Waals surface area (Å²) in [4.78, 5) is 106. The average molecular weight is 1670 g/mol. The molecule has 0 spiro atoms. The number of H-pyrrole nitrogens is 1. The molecule has 0 unspecified atom stereocenters. The van der Waals surface area contributed by atoms with Crippen LogP contribution < -0.4 is 59.4 Å². The molecule has 0 saturated carbocycles. The molecule has 11 aromatic rings. The predicted molar refractivity (Wildman–Crippen MR) is 431 cm³/mol. The molecule has 0 bridgehead atoms. The van der Waals surface area contributed by atoms with Crippen molar-refractivity contribution in [3.05, 3.63) is 182 Å². The van der Waals surface area contributed by atoms with E-state index in [1.54, 1.807) is 110 Å². The van der Waals surface area contributed by atoms with Crippen LogP contribution in [0.15, 0.2) is 118 Å². The molecule has 0 aliphatic heterocycles. The summed E-state index contributed by atoms with van der Waals surface area (Å²) in [5.41, 5.74) is 6.24. The van der Waals surface area contributed by atoms with Crippen molar-refractivity contribution in [3.8, 4) is 23.0 Å². The number of aliphatic carboxylic acids is 1. The number of carboxylic acids is 2. The van der Waals surface area contributed by atoms with Crippen molar-refractivity contribution in [1.29, 1.82) is 0 Å². The number of nitrogens with zero attached hydrogens (tertiary/aromatic N) is 6. The number of hydrogen-bond donors (Lipinski definition) is 4. The Labute approximate surface area is 669 Å². The van der Waals surface area contributed by atoms with Gasteiger partial charge in [-0.2, -0.15) is 0 Å². The second-order valence-corrected chi connectivity index (χ2v) is 27.0. The van der Waals surface area contributed by atoms with Gasteiger partial charge in [0.25, 0.3) is 0 Å². The number of benzene rings is 4. The van der Waals surface area contributed by atoms with Crippen LogP contribution in [0.1, 0.15) is 154 Å². The maximum absolute atomic E-state index is 13.1. The summed E-state index contributed by atoms with van der Waals surface area (Å²) in [5.74, 6) is 0.0193. The van der Waals surface area contributed by atoms with E-state index in [0.717, 1.165) is 22.8 Å². The van der Waals surface area contributed by atoms with Crippen LogP contribution in [0.25, 0.3) is 65.8 Å². The fourth-order valence-corrected chi connectivity index (χ4v) is 12.0. The smallest absolute Gasteiger partial charge is 0.870 e. The van der Waals surface area contributed by atoms with Crippen molar-refractivity contribution >= 4 is 170 Å². The summed E-state index contributed by atoms with van der Waals surface area (Å²) in [6.45, 7) is 28.9. The molecule has 4 aromatic carbocycles. The molecule has 0 aliphatic carbocycles. The van der Waals surface area contributed by atoms with Crippen LogP contribution in [0.5, 0.6) is 23.0 Å². The summed E-state index contributed by atoms with van der Waals surface area (Å²) in [6, 6.07) is 29.2. The molecule has 7 heterocycles. The Hall–Kier alpha value is -8.78. The third-order valence-corrected chi connectivity index (χ3v) is 17.8. The number of anilines is 2. The fourth-order valence-electron chi connectivity index (χ4n) is 11.0. The summed E-state index contributed by atoms with van der Waals surface area (Å²) >= 11 is 26.9. The Balaban J connectivity index is 0.000000250. The van der Waals surface area contributed by atoms with E-state index in [0.29, 0.717) is 152 Å². The number of aromatic carboxylic acids is 1. The number of carboxylic acid groups (broad SMARTS) is 2. The number of para-hydroxylation sites is 1. The van der Waals surface area contributed by atoms with Crippen LogP contribution in [0.3, 0.4) is 0 Å². The van der Waals surface area contributed by atoms with Crippen LogP contribution in [-0.2, 0) is 36.9 Å². The van der Waals surface area contributed by atoms with Gasteiger partial charge in [0.05, 0.1) is 119 Å². The van der Waals surface area contributed by atoms with E-state index in [-0.39, 0.29) is 101 Å². The minimum absolute atomic E-state index is 0. The third kappa shape index (κ3) is 21.6. The largest absolute Gasteiger partial charge is 1.00 e. The molecule has 11 rings (SSSR count). The number of halogens is 5. The van der Waals surface area contributed by atoms with E-state index in [1.807, 2.05) is 103 Å². The van der Waals surface area contributed by atoms with Crippen LogP contribution in [0.2, 0.25) is 20.1 Å². The monoisotopic (exact) mass is 1660 g/mol. The Morgan fingerprint density at radius 2 is 0.861 bits per heavy atom. The number of hydrogen-bond acceptors (Lipinski definition) is 19. The molecule has 7 aromatic heterocycles. The molecule has 0 saturated heterocycles. The van der Waals surface area contributed by atoms with Crippen molar-refractivity contribution in [3.63, 3.8) is 0 Å². The van der Waals surface area contributed by atoms with Crippen LogP contribution in [0, 0.1) is 0 Å². The SMILES string of the molecule is CCOC(=O)CI.CCOC(=O)Cn1c2nc(C(C)C)ccc2c(=O)c2ccc(Cl)c(OCC)c21.CCOc1c(Cl)ccc2c(=O)c3ccc(C(C)C)nc3[nH]c12.CCOc1c(Cl)ccc2c(=O)c3ccc(C(C)C)nc3n(CC(=O)O)c12.CCOc1c(Cl)cccc1Nc1nc(C(C)C)ccc1C(=O)O.[Li+].[OH-]. The first-order valence-corrected chi connectivity index (χ1v) is 37.4. The van der Waals surface area contributed by atoms with Gasteiger partial charge in [-0.15, -0.1) is 0 Å². The maximum atomic E-state index is 13.1. The minimum atomic E-state index is -1.05. The number of aromatic nitrogens is 7. The van der Waals surface area contributed by atoms with E-state index in [4.69, 9.17) is 70.1 Å². The van der Waals surface area contributed by atoms with Gasteiger partial charge in [-0.1, -0.05) is 130 Å². The molecule has 30 heteroatoms. The number of aromatic amines is 1. The number of carbonyl (C=O) groups excluding carboxylic acids is 2. The molecule has 0 fully saturated rings. The molecule has 108 heavy (non-hydrogen) atoms. The van der Waals surface area contributed by atoms with E-state index < -0.39 is 17.9 Å². The second-order valence-electron chi connectivity index (χ2n) is 24.6. The van der Waals surface area contributed by atoms with E-state index >= 15 is 0 Å². The second kappa shape index (κ2) is 41.7. The first-order valence-electron chi connectivity index (χ1n) is 34.4. The molecular weight excluding hydrogens is 1580 g/mol. The van der Waals surface area contributed by atoms with Crippen molar-refractivity contribution in [2.24, 2.45) is 0 Å². The number of esters is 2. The van der Waals surface area contributed by atoms with Gasteiger partial charge in [0.15, 0.2) is 39.3 Å². The summed E-state index contributed by atoms with van der Waals surface area (Å²) in [6.07, 6.45) is 0. The van der Waals surface area contributed by atoms with Gasteiger partial charge in [-0.25, -0.2) is 24.7 Å². The van der Waals surface area contributed by atoms with E-state index in [2.05, 4.69) is 48.8 Å². The predicted octanol–water partition coefficient (Wildman–Crippen LogP) is 14.9. The molecule has 24 nitrogen and oxygen atoms in total. The zero-order valence-corrected chi connectivity index (χ0v) is 67.9. The van der Waals surface area contributed by atoms with E-state index in [9.17, 15) is 43.8 Å². The molecule has 0 amide bonds. The van der Waals surface area contributed by atoms with E-state index in [1.165, 1.54) is 4.57 Å². The average Bonchev–Trinajstić information content (AvgIpc) is 0.754. The zero-order valence-electron chi connectivity index (χ0n) is 62.7. The van der Waals surface area contributed by atoms with Crippen molar-refractivity contribution in [2.45, 2.75) is 134 Å². The van der Waals surface area contributed by atoms with Gasteiger partial charge in [-0.3, -0.25) is 28.8 Å².